The monoisotopic (exact) mass is 333 g/mol. The van der Waals surface area contributed by atoms with Gasteiger partial charge in [0, 0.05) is 16.9 Å². The number of nitrogens with two attached hydrogens (primary N) is 1. The fraction of sp³-hybridized carbons (Fsp3) is 0.0667. The zero-order chi connectivity index (χ0) is 15.7. The zero-order valence-electron chi connectivity index (χ0n) is 11.6. The van der Waals surface area contributed by atoms with E-state index >= 15 is 0 Å². The maximum Gasteiger partial charge on any atom is 0.267 e. The smallest absolute Gasteiger partial charge is 0.267 e. The first-order valence-corrected chi connectivity index (χ1v) is 7.57. The molecule has 0 atom stereocenters. The van der Waals surface area contributed by atoms with Crippen molar-refractivity contribution in [2.75, 3.05) is 18.2 Å². The van der Waals surface area contributed by atoms with Crippen molar-refractivity contribution < 1.29 is 9.53 Å². The highest BCUT2D eigenvalue weighted by Gasteiger charge is 2.19. The second kappa shape index (κ2) is 5.82. The maximum absolute atomic E-state index is 12.4. The minimum atomic E-state index is -0.287. The molecule has 22 heavy (non-hydrogen) atoms. The number of carbonyl (C=O) groups is 1. The summed E-state index contributed by atoms with van der Waals surface area (Å²) in [6.07, 6.45) is 1.62. The molecule has 0 aliphatic rings. The first-order chi connectivity index (χ1) is 10.6. The van der Waals surface area contributed by atoms with Crippen molar-refractivity contribution in [2.45, 2.75) is 0 Å². The summed E-state index contributed by atoms with van der Waals surface area (Å²) in [7, 11) is 1.55. The second-order valence-electron chi connectivity index (χ2n) is 4.50. The zero-order valence-corrected chi connectivity index (χ0v) is 13.2. The summed E-state index contributed by atoms with van der Waals surface area (Å²) in [5, 5.41) is 4.06. The lowest BCUT2D eigenvalue weighted by Gasteiger charge is -2.05. The molecule has 3 N–H and O–H groups in total. The lowest BCUT2D eigenvalue weighted by molar-refractivity contribution is 0.103. The number of nitrogens with one attached hydrogen (secondary N) is 1. The number of benzene rings is 1. The van der Waals surface area contributed by atoms with Crippen LogP contribution in [-0.4, -0.2) is 18.0 Å². The van der Waals surface area contributed by atoms with E-state index in [9.17, 15) is 4.79 Å². The van der Waals surface area contributed by atoms with Crippen molar-refractivity contribution >= 4 is 50.4 Å². The van der Waals surface area contributed by atoms with Gasteiger partial charge in [0.2, 0.25) is 0 Å². The van der Waals surface area contributed by atoms with E-state index < -0.39 is 0 Å². The average molecular weight is 334 g/mol. The molecule has 1 amide bonds. The van der Waals surface area contributed by atoms with Gasteiger partial charge in [-0.1, -0.05) is 11.6 Å². The van der Waals surface area contributed by atoms with Gasteiger partial charge < -0.3 is 15.8 Å². The van der Waals surface area contributed by atoms with Gasteiger partial charge >= 0.3 is 0 Å². The van der Waals surface area contributed by atoms with Crippen LogP contribution >= 0.6 is 22.9 Å². The van der Waals surface area contributed by atoms with E-state index in [2.05, 4.69) is 10.3 Å². The van der Waals surface area contributed by atoms with Gasteiger partial charge in [-0.05, 0) is 30.3 Å². The summed E-state index contributed by atoms with van der Waals surface area (Å²) in [4.78, 5) is 17.7. The van der Waals surface area contributed by atoms with E-state index in [1.165, 1.54) is 11.3 Å². The summed E-state index contributed by atoms with van der Waals surface area (Å²) >= 11 is 7.05. The number of rotatable bonds is 3. The number of ether oxygens (including phenoxy) is 1. The number of anilines is 2. The number of hydrogen-bond acceptors (Lipinski definition) is 5. The van der Waals surface area contributed by atoms with E-state index in [1.54, 1.807) is 43.6 Å². The minimum Gasteiger partial charge on any atom is -0.496 e. The van der Waals surface area contributed by atoms with Gasteiger partial charge in [-0.15, -0.1) is 11.3 Å². The Labute approximate surface area is 135 Å². The molecule has 3 aromatic rings. The fourth-order valence-corrected chi connectivity index (χ4v) is 3.18. The number of hydrogen-bond donors (Lipinski definition) is 2. The molecule has 0 bridgehead atoms. The van der Waals surface area contributed by atoms with Crippen molar-refractivity contribution in [3.8, 4) is 5.75 Å². The Bertz CT molecular complexity index is 846. The molecule has 3 rings (SSSR count). The molecule has 0 saturated heterocycles. The molecule has 0 aliphatic heterocycles. The molecule has 1 aromatic carbocycles. The molecular weight excluding hydrogens is 322 g/mol. The highest BCUT2D eigenvalue weighted by atomic mass is 35.5. The van der Waals surface area contributed by atoms with Crippen LogP contribution in [0, 0.1) is 0 Å². The molecule has 2 aromatic heterocycles. The largest absolute Gasteiger partial charge is 0.496 e. The Morgan fingerprint density at radius 1 is 1.32 bits per heavy atom. The van der Waals surface area contributed by atoms with Gasteiger partial charge in [-0.2, -0.15) is 0 Å². The number of thiophene rings is 1. The molecular formula is C15H12ClN3O2S. The van der Waals surface area contributed by atoms with Crippen molar-refractivity contribution in [3.05, 3.63) is 46.4 Å². The van der Waals surface area contributed by atoms with Crippen LogP contribution < -0.4 is 15.8 Å². The summed E-state index contributed by atoms with van der Waals surface area (Å²) < 4.78 is 5.27. The quantitative estimate of drug-likeness (QED) is 0.764. The van der Waals surface area contributed by atoms with Crippen LogP contribution in [0.2, 0.25) is 5.02 Å². The Balaban J connectivity index is 1.97. The van der Waals surface area contributed by atoms with Crippen molar-refractivity contribution in [3.63, 3.8) is 0 Å². The first kappa shape index (κ1) is 14.6. The third kappa shape index (κ3) is 2.58. The Morgan fingerprint density at radius 2 is 2.05 bits per heavy atom. The lowest BCUT2D eigenvalue weighted by Crippen LogP contribution is -2.11. The van der Waals surface area contributed by atoms with Crippen LogP contribution in [0.25, 0.3) is 10.2 Å². The Kier molecular flexibility index (Phi) is 3.87. The van der Waals surface area contributed by atoms with E-state index in [4.69, 9.17) is 22.1 Å². The highest BCUT2D eigenvalue weighted by molar-refractivity contribution is 7.21. The van der Waals surface area contributed by atoms with Crippen LogP contribution in [0.1, 0.15) is 9.67 Å². The topological polar surface area (TPSA) is 77.2 Å². The number of nitrogens with zero attached hydrogens (tertiary/aromatic N) is 1. The fourth-order valence-electron chi connectivity index (χ4n) is 2.08. The van der Waals surface area contributed by atoms with Crippen LogP contribution in [0.4, 0.5) is 11.4 Å². The minimum absolute atomic E-state index is 0.287. The normalized spacial score (nSPS) is 10.6. The highest BCUT2D eigenvalue weighted by Crippen LogP contribution is 2.38. The van der Waals surface area contributed by atoms with Gasteiger partial charge in [-0.25, -0.2) is 4.98 Å². The van der Waals surface area contributed by atoms with Gasteiger partial charge in [0.1, 0.15) is 15.5 Å². The van der Waals surface area contributed by atoms with Crippen LogP contribution in [0.3, 0.4) is 0 Å². The third-order valence-corrected chi connectivity index (χ3v) is 4.48. The predicted molar refractivity (Wildman–Crippen MR) is 90.0 cm³/mol. The molecule has 0 radical (unpaired) electrons. The van der Waals surface area contributed by atoms with E-state index in [1.807, 2.05) is 0 Å². The third-order valence-electron chi connectivity index (χ3n) is 3.12. The molecule has 0 aliphatic carbocycles. The van der Waals surface area contributed by atoms with Gasteiger partial charge in [0.25, 0.3) is 5.91 Å². The van der Waals surface area contributed by atoms with E-state index in [-0.39, 0.29) is 5.91 Å². The van der Waals surface area contributed by atoms with Crippen molar-refractivity contribution in [2.24, 2.45) is 0 Å². The lowest BCUT2D eigenvalue weighted by atomic mass is 10.2. The number of amides is 1. The van der Waals surface area contributed by atoms with Crippen molar-refractivity contribution in [1.82, 2.24) is 4.98 Å². The number of carbonyl (C=O) groups excluding carboxylic acids is 1. The van der Waals surface area contributed by atoms with E-state index in [0.717, 1.165) is 0 Å². The SMILES string of the molecule is COc1ccnc2sc(C(=O)Nc3ccc(Cl)cc3)c(N)c12. The summed E-state index contributed by atoms with van der Waals surface area (Å²) in [6, 6.07) is 8.57. The van der Waals surface area contributed by atoms with E-state index in [0.29, 0.717) is 37.2 Å². The van der Waals surface area contributed by atoms with Gasteiger partial charge in [0.15, 0.2) is 0 Å². The van der Waals surface area contributed by atoms with Gasteiger partial charge in [0.05, 0.1) is 18.2 Å². The molecule has 0 fully saturated rings. The van der Waals surface area contributed by atoms with Gasteiger partial charge in [-0.3, -0.25) is 4.79 Å². The summed E-state index contributed by atoms with van der Waals surface area (Å²) in [5.74, 6) is 0.314. The standard InChI is InChI=1S/C15H12ClN3O2S/c1-21-10-6-7-18-15-11(10)12(17)13(22-15)14(20)19-9-4-2-8(16)3-5-9/h2-7H,17H2,1H3,(H,19,20). The average Bonchev–Trinajstić information content (AvgIpc) is 2.87. The first-order valence-electron chi connectivity index (χ1n) is 6.38. The number of nitrogen functional groups attached to an aromatic ring is 1. The molecule has 112 valence electrons. The summed E-state index contributed by atoms with van der Waals surface area (Å²) in [6.45, 7) is 0. The van der Waals surface area contributed by atoms with Crippen LogP contribution in [-0.2, 0) is 0 Å². The molecule has 5 nitrogen and oxygen atoms in total. The number of aromatic nitrogens is 1. The number of methoxy groups -OCH3 is 1. The number of halogens is 1. The summed E-state index contributed by atoms with van der Waals surface area (Å²) in [5.41, 5.74) is 7.12. The molecule has 0 spiro atoms. The molecule has 7 heteroatoms. The predicted octanol–water partition coefficient (Wildman–Crippen LogP) is 3.79. The second-order valence-corrected chi connectivity index (χ2v) is 5.93. The van der Waals surface area contributed by atoms with Crippen LogP contribution in [0.15, 0.2) is 36.5 Å². The molecule has 0 saturated carbocycles. The van der Waals surface area contributed by atoms with Crippen LogP contribution in [0.5, 0.6) is 5.75 Å². The Morgan fingerprint density at radius 3 is 2.73 bits per heavy atom. The number of fused-ring (bicyclic) bond motifs is 1. The Hall–Kier alpha value is -2.31. The number of pyridine rings is 1. The van der Waals surface area contributed by atoms with Crippen molar-refractivity contribution in [1.29, 1.82) is 0 Å². The molecule has 2 heterocycles. The maximum atomic E-state index is 12.4. The molecule has 0 unspecified atom stereocenters.